The number of rotatable bonds is 4. The molecule has 3 N–H and O–H groups in total. The average molecular weight is 408 g/mol. The van der Waals surface area contributed by atoms with Crippen molar-refractivity contribution in [2.75, 3.05) is 17.7 Å². The first-order valence-electron chi connectivity index (χ1n) is 9.14. The fourth-order valence-corrected chi connectivity index (χ4v) is 4.81. The normalized spacial score (nSPS) is 15.4. The number of thiophene rings is 1. The molecule has 0 bridgehead atoms. The second-order valence-electron chi connectivity index (χ2n) is 6.86. The molecule has 6 nitrogen and oxygen atoms in total. The van der Waals surface area contributed by atoms with Crippen LogP contribution in [0.3, 0.4) is 0 Å². The fraction of sp³-hybridized carbons (Fsp3) is 0.182. The molecule has 1 aromatic heterocycles. The van der Waals surface area contributed by atoms with Crippen molar-refractivity contribution >= 4 is 33.8 Å². The quantitative estimate of drug-likeness (QED) is 0.593. The van der Waals surface area contributed by atoms with E-state index in [0.717, 1.165) is 16.7 Å². The summed E-state index contributed by atoms with van der Waals surface area (Å²) in [4.78, 5) is 25.7. The predicted molar refractivity (Wildman–Crippen MR) is 113 cm³/mol. The zero-order valence-electron chi connectivity index (χ0n) is 16.0. The van der Waals surface area contributed by atoms with Gasteiger partial charge in [-0.15, -0.1) is 11.3 Å². The first-order valence-corrected chi connectivity index (χ1v) is 9.96. The Balaban J connectivity index is 1.73. The predicted octanol–water partition coefficient (Wildman–Crippen LogP) is 4.50. The van der Waals surface area contributed by atoms with Crippen molar-refractivity contribution in [2.24, 2.45) is 0 Å². The van der Waals surface area contributed by atoms with Gasteiger partial charge in [-0.05, 0) is 47.9 Å². The van der Waals surface area contributed by atoms with Crippen LogP contribution >= 0.6 is 11.3 Å². The Hall–Kier alpha value is -3.32. The number of nitrogens with one attached hydrogen (secondary N) is 2. The number of benzene rings is 2. The number of amides is 2. The molecule has 2 heterocycles. The van der Waals surface area contributed by atoms with E-state index in [4.69, 9.17) is 4.74 Å². The van der Waals surface area contributed by atoms with Crippen molar-refractivity contribution in [1.29, 1.82) is 0 Å². The highest BCUT2D eigenvalue weighted by Gasteiger charge is 2.33. The first kappa shape index (κ1) is 19.0. The van der Waals surface area contributed by atoms with E-state index < -0.39 is 0 Å². The van der Waals surface area contributed by atoms with Gasteiger partial charge in [-0.2, -0.15) is 0 Å². The Kier molecular flexibility index (Phi) is 4.98. The molecule has 4 rings (SSSR count). The van der Waals surface area contributed by atoms with Gasteiger partial charge in [0.2, 0.25) is 5.91 Å². The monoisotopic (exact) mass is 408 g/mol. The fourth-order valence-electron chi connectivity index (χ4n) is 3.63. The Bertz CT molecular complexity index is 1090. The number of aromatic hydroxyl groups is 1. The van der Waals surface area contributed by atoms with E-state index in [1.165, 1.54) is 18.4 Å². The molecule has 29 heavy (non-hydrogen) atoms. The van der Waals surface area contributed by atoms with Crippen molar-refractivity contribution in [3.63, 3.8) is 0 Å². The van der Waals surface area contributed by atoms with E-state index in [9.17, 15) is 14.7 Å². The van der Waals surface area contributed by atoms with Gasteiger partial charge in [0.1, 0.15) is 0 Å². The third kappa shape index (κ3) is 3.56. The summed E-state index contributed by atoms with van der Waals surface area (Å²) in [5.74, 6) is -0.135. The summed E-state index contributed by atoms with van der Waals surface area (Å²) in [6, 6.07) is 14.3. The van der Waals surface area contributed by atoms with Crippen molar-refractivity contribution in [1.82, 2.24) is 0 Å². The van der Waals surface area contributed by atoms with E-state index in [-0.39, 0.29) is 29.9 Å². The lowest BCUT2D eigenvalue weighted by atomic mass is 9.84. The molecule has 0 unspecified atom stereocenters. The van der Waals surface area contributed by atoms with E-state index in [2.05, 4.69) is 10.6 Å². The molecule has 3 aromatic rings. The van der Waals surface area contributed by atoms with Gasteiger partial charge in [0, 0.05) is 18.0 Å². The smallest absolute Gasteiger partial charge is 0.266 e. The second-order valence-corrected chi connectivity index (χ2v) is 7.88. The van der Waals surface area contributed by atoms with Crippen LogP contribution in [0, 0.1) is 6.92 Å². The summed E-state index contributed by atoms with van der Waals surface area (Å²) in [5.41, 5.74) is 3.34. The van der Waals surface area contributed by atoms with E-state index in [1.807, 2.05) is 37.3 Å². The Morgan fingerprint density at radius 3 is 2.72 bits per heavy atom. The zero-order chi connectivity index (χ0) is 20.5. The number of para-hydroxylation sites is 1. The molecule has 0 saturated carbocycles. The Morgan fingerprint density at radius 2 is 2.00 bits per heavy atom. The van der Waals surface area contributed by atoms with Crippen LogP contribution in [-0.2, 0) is 4.79 Å². The van der Waals surface area contributed by atoms with Crippen molar-refractivity contribution in [3.8, 4) is 11.5 Å². The van der Waals surface area contributed by atoms with Gasteiger partial charge < -0.3 is 20.5 Å². The number of carbonyl (C=O) groups excluding carboxylic acids is 2. The number of carbonyl (C=O) groups is 2. The van der Waals surface area contributed by atoms with Gasteiger partial charge in [0.15, 0.2) is 11.5 Å². The maximum Gasteiger partial charge on any atom is 0.266 e. The molecule has 0 radical (unpaired) electrons. The van der Waals surface area contributed by atoms with Gasteiger partial charge in [-0.3, -0.25) is 9.59 Å². The molecule has 1 aliphatic rings. The van der Waals surface area contributed by atoms with Crippen LogP contribution in [0.5, 0.6) is 11.5 Å². The highest BCUT2D eigenvalue weighted by atomic mass is 32.1. The highest BCUT2D eigenvalue weighted by Crippen LogP contribution is 2.46. The summed E-state index contributed by atoms with van der Waals surface area (Å²) in [6.07, 6.45) is 0.262. The van der Waals surface area contributed by atoms with Crippen LogP contribution in [-0.4, -0.2) is 24.0 Å². The Morgan fingerprint density at radius 1 is 1.24 bits per heavy atom. The summed E-state index contributed by atoms with van der Waals surface area (Å²) in [7, 11) is 1.49. The molecule has 2 amide bonds. The molecule has 0 aliphatic carbocycles. The Labute approximate surface area is 172 Å². The summed E-state index contributed by atoms with van der Waals surface area (Å²) >= 11 is 1.28. The van der Waals surface area contributed by atoms with Crippen LogP contribution in [0.15, 0.2) is 48.5 Å². The number of ether oxygens (including phenoxy) is 1. The SMILES string of the molecule is COc1cc([C@H]2CC(=O)Nc3sc(C(=O)Nc4ccccc4)c(C)c32)ccc1O. The third-order valence-electron chi connectivity index (χ3n) is 5.03. The third-order valence-corrected chi connectivity index (χ3v) is 6.25. The number of anilines is 2. The van der Waals surface area contributed by atoms with Gasteiger partial charge in [0.05, 0.1) is 17.0 Å². The largest absolute Gasteiger partial charge is 0.504 e. The van der Waals surface area contributed by atoms with Crippen molar-refractivity contribution < 1.29 is 19.4 Å². The molecular weight excluding hydrogens is 388 g/mol. The maximum absolute atomic E-state index is 12.9. The van der Waals surface area contributed by atoms with E-state index >= 15 is 0 Å². The minimum absolute atomic E-state index is 0.0432. The molecule has 1 aliphatic heterocycles. The number of hydrogen-bond donors (Lipinski definition) is 3. The van der Waals surface area contributed by atoms with Crippen molar-refractivity contribution in [2.45, 2.75) is 19.3 Å². The standard InChI is InChI=1S/C22H20N2O4S/c1-12-19-15(13-8-9-16(25)17(10-13)28-2)11-18(26)24-22(19)29-20(12)21(27)23-14-6-4-3-5-7-14/h3-10,15,25H,11H2,1-2H3,(H,23,27)(H,24,26)/t15-/m1/s1. The van der Waals surface area contributed by atoms with E-state index in [0.29, 0.717) is 21.3 Å². The van der Waals surface area contributed by atoms with Gasteiger partial charge in [0.25, 0.3) is 5.91 Å². The molecule has 7 heteroatoms. The lowest BCUT2D eigenvalue weighted by molar-refractivity contribution is -0.116. The number of phenolic OH excluding ortho intramolecular Hbond substituents is 1. The zero-order valence-corrected chi connectivity index (χ0v) is 16.8. The van der Waals surface area contributed by atoms with Crippen LogP contribution < -0.4 is 15.4 Å². The van der Waals surface area contributed by atoms with Crippen molar-refractivity contribution in [3.05, 3.63) is 70.1 Å². The number of hydrogen-bond acceptors (Lipinski definition) is 5. The van der Waals surface area contributed by atoms with Crippen LogP contribution in [0.25, 0.3) is 0 Å². The average Bonchev–Trinajstić information content (AvgIpc) is 3.05. The van der Waals surface area contributed by atoms with Crippen LogP contribution in [0.2, 0.25) is 0 Å². The van der Waals surface area contributed by atoms with Gasteiger partial charge >= 0.3 is 0 Å². The lowest BCUT2D eigenvalue weighted by Gasteiger charge is -2.24. The molecular formula is C22H20N2O4S. The molecule has 0 fully saturated rings. The summed E-state index contributed by atoms with van der Waals surface area (Å²) < 4.78 is 5.22. The minimum Gasteiger partial charge on any atom is -0.504 e. The second kappa shape index (κ2) is 7.60. The molecule has 2 aromatic carbocycles. The van der Waals surface area contributed by atoms with Gasteiger partial charge in [-0.1, -0.05) is 24.3 Å². The number of phenols is 1. The molecule has 1 atom stereocenters. The maximum atomic E-state index is 12.9. The van der Waals surface area contributed by atoms with E-state index in [1.54, 1.807) is 18.2 Å². The minimum atomic E-state index is -0.220. The highest BCUT2D eigenvalue weighted by molar-refractivity contribution is 7.18. The summed E-state index contributed by atoms with van der Waals surface area (Å²) in [5, 5.41) is 16.4. The molecule has 148 valence electrons. The lowest BCUT2D eigenvalue weighted by Crippen LogP contribution is -2.22. The first-order chi connectivity index (χ1) is 14.0. The van der Waals surface area contributed by atoms with Gasteiger partial charge in [-0.25, -0.2) is 0 Å². The van der Waals surface area contributed by atoms with Crippen LogP contribution in [0.4, 0.5) is 10.7 Å². The number of fused-ring (bicyclic) bond motifs is 1. The number of methoxy groups -OCH3 is 1. The molecule has 0 saturated heterocycles. The summed E-state index contributed by atoms with van der Waals surface area (Å²) in [6.45, 7) is 1.90. The molecule has 0 spiro atoms. The topological polar surface area (TPSA) is 87.7 Å². The van der Waals surface area contributed by atoms with Crippen LogP contribution in [0.1, 0.15) is 38.7 Å².